The van der Waals surface area contributed by atoms with E-state index in [2.05, 4.69) is 30.9 Å². The highest BCUT2D eigenvalue weighted by atomic mass is 16.3. The summed E-state index contributed by atoms with van der Waals surface area (Å²) in [6.45, 7) is 6.60. The number of rotatable bonds is 4. The SMILES string of the molecule is CC(C)c1ccc(C(O)CN2CCCC(O)C2)cc1. The zero-order valence-electron chi connectivity index (χ0n) is 11.9. The summed E-state index contributed by atoms with van der Waals surface area (Å²) < 4.78 is 0. The predicted molar refractivity (Wildman–Crippen MR) is 77.2 cm³/mol. The van der Waals surface area contributed by atoms with Crippen LogP contribution in [0.5, 0.6) is 0 Å². The number of aliphatic hydroxyl groups is 2. The molecule has 106 valence electrons. The van der Waals surface area contributed by atoms with Crippen molar-refractivity contribution in [3.05, 3.63) is 35.4 Å². The summed E-state index contributed by atoms with van der Waals surface area (Å²) in [5.41, 5.74) is 2.26. The molecule has 1 aromatic carbocycles. The van der Waals surface area contributed by atoms with E-state index in [1.807, 2.05) is 12.1 Å². The molecule has 1 saturated heterocycles. The van der Waals surface area contributed by atoms with Gasteiger partial charge in [-0.3, -0.25) is 4.90 Å². The minimum absolute atomic E-state index is 0.232. The molecule has 0 spiro atoms. The van der Waals surface area contributed by atoms with E-state index in [1.54, 1.807) is 0 Å². The fourth-order valence-electron chi connectivity index (χ4n) is 2.65. The Morgan fingerprint density at radius 2 is 1.84 bits per heavy atom. The summed E-state index contributed by atoms with van der Waals surface area (Å²) in [4.78, 5) is 2.15. The molecule has 0 amide bonds. The highest BCUT2D eigenvalue weighted by Gasteiger charge is 2.20. The summed E-state index contributed by atoms with van der Waals surface area (Å²) in [5.74, 6) is 0.517. The van der Waals surface area contributed by atoms with Crippen molar-refractivity contribution in [1.29, 1.82) is 0 Å². The van der Waals surface area contributed by atoms with E-state index in [4.69, 9.17) is 0 Å². The van der Waals surface area contributed by atoms with Gasteiger partial charge < -0.3 is 10.2 Å². The van der Waals surface area contributed by atoms with Crippen LogP contribution < -0.4 is 0 Å². The minimum atomic E-state index is -0.466. The highest BCUT2D eigenvalue weighted by Crippen LogP contribution is 2.20. The van der Waals surface area contributed by atoms with Crippen molar-refractivity contribution in [2.24, 2.45) is 0 Å². The number of hydrogen-bond acceptors (Lipinski definition) is 3. The number of benzene rings is 1. The Labute approximate surface area is 115 Å². The van der Waals surface area contributed by atoms with Crippen molar-refractivity contribution in [2.45, 2.75) is 44.8 Å². The molecule has 0 bridgehead atoms. The molecule has 2 atom stereocenters. The summed E-state index contributed by atoms with van der Waals surface area (Å²) in [6, 6.07) is 8.21. The van der Waals surface area contributed by atoms with E-state index >= 15 is 0 Å². The molecule has 0 radical (unpaired) electrons. The van der Waals surface area contributed by atoms with Crippen LogP contribution in [0.25, 0.3) is 0 Å². The number of hydrogen-bond donors (Lipinski definition) is 2. The molecule has 1 aliphatic rings. The Balaban J connectivity index is 1.93. The Bertz CT molecular complexity index is 388. The summed E-state index contributed by atoms with van der Waals surface area (Å²) in [7, 11) is 0. The van der Waals surface area contributed by atoms with E-state index in [-0.39, 0.29) is 6.10 Å². The van der Waals surface area contributed by atoms with Gasteiger partial charge in [0.25, 0.3) is 0 Å². The molecule has 1 heterocycles. The van der Waals surface area contributed by atoms with Gasteiger partial charge in [0, 0.05) is 13.1 Å². The molecule has 1 aliphatic heterocycles. The van der Waals surface area contributed by atoms with Crippen LogP contribution in [-0.2, 0) is 0 Å². The number of β-amino-alcohol motifs (C(OH)–C–C–N with tert-alkyl or cyclic N) is 2. The van der Waals surface area contributed by atoms with Crippen molar-refractivity contribution in [3.8, 4) is 0 Å². The molecule has 0 saturated carbocycles. The lowest BCUT2D eigenvalue weighted by Crippen LogP contribution is -2.40. The van der Waals surface area contributed by atoms with E-state index in [1.165, 1.54) is 5.56 Å². The average Bonchev–Trinajstić information content (AvgIpc) is 2.39. The number of nitrogens with zero attached hydrogens (tertiary/aromatic N) is 1. The van der Waals surface area contributed by atoms with Crippen molar-refractivity contribution in [3.63, 3.8) is 0 Å². The van der Waals surface area contributed by atoms with Crippen molar-refractivity contribution < 1.29 is 10.2 Å². The summed E-state index contributed by atoms with van der Waals surface area (Å²) in [6.07, 6.45) is 1.20. The van der Waals surface area contributed by atoms with Gasteiger partial charge in [0.05, 0.1) is 12.2 Å². The summed E-state index contributed by atoms with van der Waals surface area (Å²) in [5, 5.41) is 19.9. The smallest absolute Gasteiger partial charge is 0.0916 e. The second kappa shape index (κ2) is 6.51. The first-order valence-corrected chi connectivity index (χ1v) is 7.24. The van der Waals surface area contributed by atoms with Gasteiger partial charge in [0.15, 0.2) is 0 Å². The monoisotopic (exact) mass is 263 g/mol. The summed E-state index contributed by atoms with van der Waals surface area (Å²) >= 11 is 0. The zero-order valence-corrected chi connectivity index (χ0v) is 11.9. The Morgan fingerprint density at radius 3 is 2.42 bits per heavy atom. The molecule has 2 rings (SSSR count). The van der Waals surface area contributed by atoms with Gasteiger partial charge in [-0.1, -0.05) is 38.1 Å². The molecule has 0 aromatic heterocycles. The van der Waals surface area contributed by atoms with Gasteiger partial charge in [-0.25, -0.2) is 0 Å². The van der Waals surface area contributed by atoms with Crippen LogP contribution >= 0.6 is 0 Å². The van der Waals surface area contributed by atoms with E-state index < -0.39 is 6.10 Å². The third-order valence-corrected chi connectivity index (χ3v) is 3.90. The molecule has 19 heavy (non-hydrogen) atoms. The van der Waals surface area contributed by atoms with Crippen LogP contribution in [0.4, 0.5) is 0 Å². The molecule has 1 fully saturated rings. The van der Waals surface area contributed by atoms with Crippen LogP contribution in [0.3, 0.4) is 0 Å². The second-order valence-corrected chi connectivity index (χ2v) is 5.89. The van der Waals surface area contributed by atoms with Gasteiger partial charge in [0.1, 0.15) is 0 Å². The fourth-order valence-corrected chi connectivity index (χ4v) is 2.65. The fraction of sp³-hybridized carbons (Fsp3) is 0.625. The first kappa shape index (κ1) is 14.5. The van der Waals surface area contributed by atoms with Crippen LogP contribution in [0.1, 0.15) is 49.8 Å². The van der Waals surface area contributed by atoms with Crippen LogP contribution in [0.2, 0.25) is 0 Å². The molecule has 2 unspecified atom stereocenters. The Morgan fingerprint density at radius 1 is 1.21 bits per heavy atom. The van der Waals surface area contributed by atoms with Gasteiger partial charge in [-0.2, -0.15) is 0 Å². The minimum Gasteiger partial charge on any atom is -0.392 e. The maximum Gasteiger partial charge on any atom is 0.0916 e. The molecule has 2 N–H and O–H groups in total. The van der Waals surface area contributed by atoms with Crippen LogP contribution in [0, 0.1) is 0 Å². The van der Waals surface area contributed by atoms with E-state index in [9.17, 15) is 10.2 Å². The number of piperidine rings is 1. The van der Waals surface area contributed by atoms with E-state index in [0.29, 0.717) is 19.0 Å². The predicted octanol–water partition coefficient (Wildman–Crippen LogP) is 2.30. The third kappa shape index (κ3) is 4.03. The standard InChI is InChI=1S/C16H25NO2/c1-12(2)13-5-7-14(8-6-13)16(19)11-17-9-3-4-15(18)10-17/h5-8,12,15-16,18-19H,3-4,9-11H2,1-2H3. The zero-order chi connectivity index (χ0) is 13.8. The molecular formula is C16H25NO2. The van der Waals surface area contributed by atoms with Crippen molar-refractivity contribution in [1.82, 2.24) is 4.90 Å². The molecule has 3 nitrogen and oxygen atoms in total. The number of aliphatic hydroxyl groups excluding tert-OH is 2. The highest BCUT2D eigenvalue weighted by molar-refractivity contribution is 5.26. The topological polar surface area (TPSA) is 43.7 Å². The largest absolute Gasteiger partial charge is 0.392 e. The maximum absolute atomic E-state index is 10.3. The molecule has 3 heteroatoms. The Kier molecular flexibility index (Phi) is 4.97. The Hall–Kier alpha value is -0.900. The molecule has 0 aliphatic carbocycles. The van der Waals surface area contributed by atoms with E-state index in [0.717, 1.165) is 24.9 Å². The van der Waals surface area contributed by atoms with Gasteiger partial charge in [-0.05, 0) is 36.4 Å². The van der Waals surface area contributed by atoms with Crippen molar-refractivity contribution >= 4 is 0 Å². The average molecular weight is 263 g/mol. The second-order valence-electron chi connectivity index (χ2n) is 5.89. The normalized spacial score (nSPS) is 22.7. The van der Waals surface area contributed by atoms with Crippen LogP contribution in [0.15, 0.2) is 24.3 Å². The number of likely N-dealkylation sites (tertiary alicyclic amines) is 1. The van der Waals surface area contributed by atoms with Gasteiger partial charge >= 0.3 is 0 Å². The molecule has 1 aromatic rings. The third-order valence-electron chi connectivity index (χ3n) is 3.90. The quantitative estimate of drug-likeness (QED) is 0.876. The first-order valence-electron chi connectivity index (χ1n) is 7.24. The van der Waals surface area contributed by atoms with Crippen molar-refractivity contribution in [2.75, 3.05) is 19.6 Å². The lowest BCUT2D eigenvalue weighted by molar-refractivity contribution is 0.0392. The molecular weight excluding hydrogens is 238 g/mol. The van der Waals surface area contributed by atoms with Crippen LogP contribution in [-0.4, -0.2) is 40.9 Å². The maximum atomic E-state index is 10.3. The first-order chi connectivity index (χ1) is 9.06. The lowest BCUT2D eigenvalue weighted by Gasteiger charge is -2.31. The van der Waals surface area contributed by atoms with Gasteiger partial charge in [0.2, 0.25) is 0 Å². The lowest BCUT2D eigenvalue weighted by atomic mass is 9.99. The van der Waals surface area contributed by atoms with Gasteiger partial charge in [-0.15, -0.1) is 0 Å².